The second-order valence-electron chi connectivity index (χ2n) is 14.4. The van der Waals surface area contributed by atoms with Crippen molar-refractivity contribution >= 4 is 53.0 Å². The van der Waals surface area contributed by atoms with Gasteiger partial charge in [-0.3, -0.25) is 33.7 Å². The molecule has 2 aromatic rings. The number of nitrogens with one attached hydrogen (secondary N) is 4. The third-order valence-electron chi connectivity index (χ3n) is 9.41. The summed E-state index contributed by atoms with van der Waals surface area (Å²) in [5, 5.41) is 10.8. The number of primary amides is 1. The number of urea groups is 1. The van der Waals surface area contributed by atoms with Gasteiger partial charge in [-0.05, 0) is 67.7 Å². The van der Waals surface area contributed by atoms with Crippen molar-refractivity contribution in [3.05, 3.63) is 77.9 Å². The smallest absolute Gasteiger partial charge is 0.408 e. The van der Waals surface area contributed by atoms with Crippen LogP contribution in [0.1, 0.15) is 89.7 Å². The Labute approximate surface area is 333 Å². The van der Waals surface area contributed by atoms with Crippen molar-refractivity contribution in [2.24, 2.45) is 17.6 Å². The maximum Gasteiger partial charge on any atom is 0.408 e. The van der Waals surface area contributed by atoms with Gasteiger partial charge in [0, 0.05) is 56.1 Å². The molecule has 0 spiro atoms. The summed E-state index contributed by atoms with van der Waals surface area (Å²) in [7, 11) is 0. The average molecular weight is 789 g/mol. The Morgan fingerprint density at radius 3 is 2.11 bits per heavy atom. The number of ether oxygens (including phenoxy) is 1. The molecule has 0 unspecified atom stereocenters. The van der Waals surface area contributed by atoms with Gasteiger partial charge in [-0.25, -0.2) is 9.59 Å². The van der Waals surface area contributed by atoms with E-state index in [0.717, 1.165) is 10.5 Å². The number of hydrogen-bond acceptors (Lipinski definition) is 9. The molecule has 0 bridgehead atoms. The fourth-order valence-electron chi connectivity index (χ4n) is 6.28. The molecule has 1 heterocycles. The van der Waals surface area contributed by atoms with E-state index in [1.165, 1.54) is 12.2 Å². The van der Waals surface area contributed by atoms with Crippen LogP contribution in [-0.4, -0.2) is 77.4 Å². The van der Waals surface area contributed by atoms with Crippen LogP contribution in [0.5, 0.6) is 0 Å². The van der Waals surface area contributed by atoms with E-state index in [0.29, 0.717) is 56.2 Å². The summed E-state index contributed by atoms with van der Waals surface area (Å²) < 4.78 is 5.40. The zero-order valence-corrected chi connectivity index (χ0v) is 33.1. The average Bonchev–Trinajstić information content (AvgIpc) is 3.50. The lowest BCUT2D eigenvalue weighted by atomic mass is 9.89. The SMILES string of the molecule is CCCC(=O)[C@H](Cc1ccccc1)NC(=O)OCc1ccc(NC(=O)[C@H](CCCNC(N)=O)CC(=O)[C@@H](NC(=O)CCCCCN2C(=O)C=CC2=O)C(C)C)cc1. The van der Waals surface area contributed by atoms with Crippen molar-refractivity contribution in [3.8, 4) is 0 Å². The number of rotatable bonds is 25. The highest BCUT2D eigenvalue weighted by molar-refractivity contribution is 6.12. The third-order valence-corrected chi connectivity index (χ3v) is 9.41. The van der Waals surface area contributed by atoms with Gasteiger partial charge in [0.15, 0.2) is 11.6 Å². The molecule has 0 radical (unpaired) electrons. The molecule has 1 aliphatic heterocycles. The minimum absolute atomic E-state index is 0.0786. The second-order valence-corrected chi connectivity index (χ2v) is 14.4. The molecular formula is C42H56N6O9. The molecule has 6 N–H and O–H groups in total. The van der Waals surface area contributed by atoms with Gasteiger partial charge in [0.05, 0.1) is 12.1 Å². The topological polar surface area (TPSA) is 223 Å². The third kappa shape index (κ3) is 16.4. The van der Waals surface area contributed by atoms with Crippen LogP contribution in [0, 0.1) is 11.8 Å². The number of carbonyl (C=O) groups is 8. The molecule has 0 fully saturated rings. The minimum Gasteiger partial charge on any atom is -0.445 e. The first-order valence-corrected chi connectivity index (χ1v) is 19.6. The molecule has 308 valence electrons. The number of amides is 7. The van der Waals surface area contributed by atoms with Crippen LogP contribution in [-0.2, 0) is 46.5 Å². The van der Waals surface area contributed by atoms with Crippen LogP contribution in [0.25, 0.3) is 0 Å². The van der Waals surface area contributed by atoms with E-state index in [1.807, 2.05) is 37.3 Å². The number of imide groups is 1. The Morgan fingerprint density at radius 1 is 0.789 bits per heavy atom. The van der Waals surface area contributed by atoms with Crippen LogP contribution in [0.2, 0.25) is 0 Å². The first-order valence-electron chi connectivity index (χ1n) is 19.6. The highest BCUT2D eigenvalue weighted by Gasteiger charge is 2.30. The van der Waals surface area contributed by atoms with E-state index in [-0.39, 0.29) is 74.2 Å². The molecule has 15 heteroatoms. The van der Waals surface area contributed by atoms with Gasteiger partial charge in [-0.15, -0.1) is 0 Å². The van der Waals surface area contributed by atoms with E-state index in [9.17, 15) is 38.4 Å². The Kier molecular flexibility index (Phi) is 19.1. The summed E-state index contributed by atoms with van der Waals surface area (Å²) >= 11 is 0. The summed E-state index contributed by atoms with van der Waals surface area (Å²) in [6.07, 6.45) is 5.32. The van der Waals surface area contributed by atoms with E-state index in [1.54, 1.807) is 38.1 Å². The van der Waals surface area contributed by atoms with Crippen LogP contribution in [0.4, 0.5) is 15.3 Å². The number of unbranched alkanes of at least 4 members (excludes halogenated alkanes) is 2. The highest BCUT2D eigenvalue weighted by Crippen LogP contribution is 2.20. The molecule has 3 rings (SSSR count). The number of ketones is 2. The van der Waals surface area contributed by atoms with Crippen molar-refractivity contribution in [2.45, 2.75) is 104 Å². The second kappa shape index (κ2) is 23.9. The maximum absolute atomic E-state index is 13.6. The molecule has 1 aliphatic rings. The maximum atomic E-state index is 13.6. The van der Waals surface area contributed by atoms with Crippen molar-refractivity contribution < 1.29 is 43.1 Å². The van der Waals surface area contributed by atoms with Gasteiger partial charge < -0.3 is 31.7 Å². The number of alkyl carbamates (subject to hydrolysis) is 1. The normalized spacial score (nSPS) is 13.8. The number of carbonyl (C=O) groups excluding carboxylic acids is 8. The standard InChI is InChI=1S/C42H56N6O9/c1-4-12-34(49)33(25-29-13-7-5-8-14-29)46-42(56)57-27-30-17-19-32(20-18-30)45-40(54)31(15-11-23-44-41(43)55)26-35(50)39(28(2)3)47-36(51)16-9-6-10-24-48-37(52)21-22-38(48)53/h5,7-8,13-14,17-22,28,31,33,39H,4,6,9-12,15-16,23-27H2,1-3H3,(H,45,54)(H,46,56)(H,47,51)(H3,43,44,55)/t31-,33+,39+/m1/s1. The zero-order chi connectivity index (χ0) is 41.7. The molecule has 0 saturated heterocycles. The lowest BCUT2D eigenvalue weighted by Gasteiger charge is -2.24. The summed E-state index contributed by atoms with van der Waals surface area (Å²) in [6, 6.07) is 13.8. The Hall–Kier alpha value is -5.86. The number of nitrogens with zero attached hydrogens (tertiary/aromatic N) is 1. The zero-order valence-electron chi connectivity index (χ0n) is 33.1. The molecule has 57 heavy (non-hydrogen) atoms. The largest absolute Gasteiger partial charge is 0.445 e. The summed E-state index contributed by atoms with van der Waals surface area (Å²) in [4.78, 5) is 101. The van der Waals surface area contributed by atoms with Gasteiger partial charge in [-0.2, -0.15) is 0 Å². The summed E-state index contributed by atoms with van der Waals surface area (Å²) in [5.74, 6) is -2.88. The monoisotopic (exact) mass is 788 g/mol. The lowest BCUT2D eigenvalue weighted by molar-refractivity contribution is -0.137. The fraction of sp³-hybridized carbons (Fsp3) is 0.476. The number of hydrogen-bond donors (Lipinski definition) is 5. The number of Topliss-reactive ketones (excluding diaryl/α,β-unsaturated/α-hetero) is 2. The lowest BCUT2D eigenvalue weighted by Crippen LogP contribution is -2.45. The van der Waals surface area contributed by atoms with Crippen LogP contribution in [0.15, 0.2) is 66.7 Å². The van der Waals surface area contributed by atoms with Gasteiger partial charge in [0.1, 0.15) is 6.61 Å². The quantitative estimate of drug-likeness (QED) is 0.0706. The molecule has 0 saturated carbocycles. The summed E-state index contributed by atoms with van der Waals surface area (Å²) in [5.41, 5.74) is 7.18. The Balaban J connectivity index is 1.54. The number of anilines is 1. The Bertz CT molecular complexity index is 1710. The predicted molar refractivity (Wildman–Crippen MR) is 213 cm³/mol. The van der Waals surface area contributed by atoms with E-state index < -0.39 is 36.0 Å². The first-order chi connectivity index (χ1) is 27.3. The molecule has 0 aromatic heterocycles. The Morgan fingerprint density at radius 2 is 1.47 bits per heavy atom. The summed E-state index contributed by atoms with van der Waals surface area (Å²) in [6.45, 7) is 5.90. The molecular weight excluding hydrogens is 732 g/mol. The number of nitrogens with two attached hydrogens (primary N) is 1. The fourth-order valence-corrected chi connectivity index (χ4v) is 6.28. The van der Waals surface area contributed by atoms with Gasteiger partial charge in [-0.1, -0.05) is 69.7 Å². The van der Waals surface area contributed by atoms with E-state index >= 15 is 0 Å². The van der Waals surface area contributed by atoms with Crippen LogP contribution < -0.4 is 27.0 Å². The molecule has 3 atom stereocenters. The highest BCUT2D eigenvalue weighted by atomic mass is 16.5. The molecule has 7 amide bonds. The predicted octanol–water partition coefficient (Wildman–Crippen LogP) is 4.48. The van der Waals surface area contributed by atoms with Crippen molar-refractivity contribution in [1.82, 2.24) is 20.9 Å². The molecule has 15 nitrogen and oxygen atoms in total. The van der Waals surface area contributed by atoms with E-state index in [2.05, 4.69) is 21.3 Å². The first kappa shape index (κ1) is 45.5. The van der Waals surface area contributed by atoms with Crippen molar-refractivity contribution in [1.29, 1.82) is 0 Å². The van der Waals surface area contributed by atoms with Gasteiger partial charge in [0.2, 0.25) is 11.8 Å². The van der Waals surface area contributed by atoms with E-state index in [4.69, 9.17) is 10.5 Å². The molecule has 2 aromatic carbocycles. The van der Waals surface area contributed by atoms with Crippen molar-refractivity contribution in [2.75, 3.05) is 18.4 Å². The van der Waals surface area contributed by atoms with Crippen molar-refractivity contribution in [3.63, 3.8) is 0 Å². The molecule has 0 aliphatic carbocycles. The minimum atomic E-state index is -0.836. The van der Waals surface area contributed by atoms with Crippen LogP contribution in [0.3, 0.4) is 0 Å². The van der Waals surface area contributed by atoms with Crippen LogP contribution >= 0.6 is 0 Å². The van der Waals surface area contributed by atoms with Gasteiger partial charge >= 0.3 is 12.1 Å². The number of benzene rings is 2. The van der Waals surface area contributed by atoms with Gasteiger partial charge in [0.25, 0.3) is 11.8 Å².